The molecule has 144 valence electrons. The van der Waals surface area contributed by atoms with Crippen molar-refractivity contribution in [3.63, 3.8) is 0 Å². The zero-order valence-electron chi connectivity index (χ0n) is 15.8. The zero-order valence-corrected chi connectivity index (χ0v) is 15.8. The van der Waals surface area contributed by atoms with Crippen molar-refractivity contribution < 1.29 is 18.7 Å². The molecule has 0 bridgehead atoms. The van der Waals surface area contributed by atoms with Crippen LogP contribution in [0.2, 0.25) is 0 Å². The van der Waals surface area contributed by atoms with Gasteiger partial charge < -0.3 is 14.5 Å². The minimum atomic E-state index is -0.733. The fraction of sp³-hybridized carbons (Fsp3) is 0.227. The first-order chi connectivity index (χ1) is 13.5. The lowest BCUT2D eigenvalue weighted by Crippen LogP contribution is -2.28. The average Bonchev–Trinajstić information content (AvgIpc) is 2.68. The van der Waals surface area contributed by atoms with Gasteiger partial charge in [-0.05, 0) is 43.7 Å². The van der Waals surface area contributed by atoms with Crippen molar-refractivity contribution in [1.29, 1.82) is 0 Å². The summed E-state index contributed by atoms with van der Waals surface area (Å²) in [5.41, 5.74) is 0.922. The zero-order chi connectivity index (χ0) is 20.1. The molecule has 28 heavy (non-hydrogen) atoms. The first-order valence-electron chi connectivity index (χ1n) is 9.13. The number of benzene rings is 2. The highest BCUT2D eigenvalue weighted by atomic mass is 16.5. The Morgan fingerprint density at radius 3 is 2.54 bits per heavy atom. The second-order valence-corrected chi connectivity index (χ2v) is 6.51. The van der Waals surface area contributed by atoms with E-state index >= 15 is 0 Å². The van der Waals surface area contributed by atoms with E-state index in [0.717, 1.165) is 18.4 Å². The van der Waals surface area contributed by atoms with Gasteiger partial charge in [0.2, 0.25) is 0 Å². The summed E-state index contributed by atoms with van der Waals surface area (Å²) >= 11 is 0. The maximum absolute atomic E-state index is 12.2. The smallest absolute Gasteiger partial charge is 0.349 e. The summed E-state index contributed by atoms with van der Waals surface area (Å²) in [5, 5.41) is 3.26. The number of carbonyl (C=O) groups is 2. The van der Waals surface area contributed by atoms with Gasteiger partial charge in [0.15, 0.2) is 0 Å². The largest absolute Gasteiger partial charge is 0.423 e. The molecule has 0 radical (unpaired) electrons. The third-order valence-corrected chi connectivity index (χ3v) is 4.27. The lowest BCUT2D eigenvalue weighted by molar-refractivity contribution is 0.0734. The molecule has 1 heterocycles. The Hall–Kier alpha value is -3.41. The van der Waals surface area contributed by atoms with Crippen molar-refractivity contribution in [2.45, 2.75) is 26.7 Å². The second-order valence-electron chi connectivity index (χ2n) is 6.51. The van der Waals surface area contributed by atoms with Gasteiger partial charge in [-0.1, -0.05) is 31.0 Å². The molecule has 2 aromatic carbocycles. The van der Waals surface area contributed by atoms with Gasteiger partial charge in [-0.3, -0.25) is 4.79 Å². The highest BCUT2D eigenvalue weighted by Crippen LogP contribution is 2.21. The topological polar surface area (TPSA) is 85.6 Å². The molecule has 3 rings (SSSR count). The van der Waals surface area contributed by atoms with Crippen LogP contribution in [0.15, 0.2) is 57.7 Å². The van der Waals surface area contributed by atoms with E-state index in [1.807, 2.05) is 26.0 Å². The van der Waals surface area contributed by atoms with Crippen LogP contribution in [-0.2, 0) is 0 Å². The normalized spacial score (nSPS) is 10.6. The quantitative estimate of drug-likeness (QED) is 0.304. The summed E-state index contributed by atoms with van der Waals surface area (Å²) in [6.45, 7) is 4.44. The van der Waals surface area contributed by atoms with Crippen LogP contribution >= 0.6 is 0 Å². The Morgan fingerprint density at radius 2 is 1.82 bits per heavy atom. The third-order valence-electron chi connectivity index (χ3n) is 4.27. The number of aryl methyl sites for hydroxylation is 1. The lowest BCUT2D eigenvalue weighted by Gasteiger charge is -2.07. The number of esters is 1. The van der Waals surface area contributed by atoms with Crippen LogP contribution in [0.1, 0.15) is 46.0 Å². The number of ether oxygens (including phenoxy) is 1. The van der Waals surface area contributed by atoms with E-state index in [1.165, 1.54) is 12.1 Å². The minimum Gasteiger partial charge on any atom is -0.423 e. The molecule has 0 aliphatic carbocycles. The highest BCUT2D eigenvalue weighted by Gasteiger charge is 2.15. The van der Waals surface area contributed by atoms with E-state index in [-0.39, 0.29) is 16.9 Å². The number of fused-ring (bicyclic) bond motifs is 1. The SMILES string of the molecule is CCCCNC(=O)c1cc2ccc(OC(=O)c3ccc(C)cc3)cc2oc1=O. The number of unbranched alkanes of at least 4 members (excludes halogenated alkanes) is 1. The molecule has 0 spiro atoms. The van der Waals surface area contributed by atoms with Crippen LogP contribution < -0.4 is 15.7 Å². The van der Waals surface area contributed by atoms with Gasteiger partial charge in [0.25, 0.3) is 5.91 Å². The molecule has 0 aliphatic heterocycles. The first kappa shape index (κ1) is 19.4. The maximum Gasteiger partial charge on any atom is 0.349 e. The van der Waals surface area contributed by atoms with Crippen molar-refractivity contribution in [3.8, 4) is 5.75 Å². The standard InChI is InChI=1S/C22H21NO5/c1-3-4-11-23-20(24)18-12-16-9-10-17(13-19(16)28-22(18)26)27-21(25)15-7-5-14(2)6-8-15/h5-10,12-13H,3-4,11H2,1-2H3,(H,23,24). The molecule has 0 aliphatic rings. The van der Waals surface area contributed by atoms with Gasteiger partial charge >= 0.3 is 11.6 Å². The number of carbonyl (C=O) groups excluding carboxylic acids is 2. The Bertz CT molecular complexity index is 1070. The van der Waals surface area contributed by atoms with E-state index in [4.69, 9.17) is 9.15 Å². The van der Waals surface area contributed by atoms with Crippen molar-refractivity contribution in [2.75, 3.05) is 6.54 Å². The second kappa shape index (κ2) is 8.52. The van der Waals surface area contributed by atoms with Gasteiger partial charge in [0.05, 0.1) is 5.56 Å². The van der Waals surface area contributed by atoms with Crippen LogP contribution in [0.25, 0.3) is 11.0 Å². The van der Waals surface area contributed by atoms with Gasteiger partial charge in [-0.25, -0.2) is 9.59 Å². The summed E-state index contributed by atoms with van der Waals surface area (Å²) in [5.74, 6) is -0.714. The molecule has 1 N–H and O–H groups in total. The van der Waals surface area contributed by atoms with E-state index in [0.29, 0.717) is 17.5 Å². The molecule has 6 nitrogen and oxygen atoms in total. The van der Waals surface area contributed by atoms with Crippen molar-refractivity contribution >= 4 is 22.8 Å². The van der Waals surface area contributed by atoms with Gasteiger partial charge in [-0.2, -0.15) is 0 Å². The molecule has 1 aromatic heterocycles. The van der Waals surface area contributed by atoms with Crippen LogP contribution in [0, 0.1) is 6.92 Å². The fourth-order valence-electron chi connectivity index (χ4n) is 2.64. The van der Waals surface area contributed by atoms with E-state index in [2.05, 4.69) is 5.32 Å². The molecule has 0 fully saturated rings. The van der Waals surface area contributed by atoms with Crippen molar-refractivity contribution in [1.82, 2.24) is 5.32 Å². The Labute approximate surface area is 162 Å². The number of hydrogen-bond donors (Lipinski definition) is 1. The monoisotopic (exact) mass is 379 g/mol. The predicted molar refractivity (Wildman–Crippen MR) is 106 cm³/mol. The number of hydrogen-bond acceptors (Lipinski definition) is 5. The molecular weight excluding hydrogens is 358 g/mol. The van der Waals surface area contributed by atoms with Crippen LogP contribution in [-0.4, -0.2) is 18.4 Å². The molecular formula is C22H21NO5. The summed E-state index contributed by atoms with van der Waals surface area (Å²) in [4.78, 5) is 36.5. The maximum atomic E-state index is 12.2. The first-order valence-corrected chi connectivity index (χ1v) is 9.13. The Kier molecular flexibility index (Phi) is 5.89. The third kappa shape index (κ3) is 4.46. The fourth-order valence-corrected chi connectivity index (χ4v) is 2.64. The lowest BCUT2D eigenvalue weighted by atomic mass is 10.1. The van der Waals surface area contributed by atoms with Gasteiger partial charge in [-0.15, -0.1) is 0 Å². The van der Waals surface area contributed by atoms with Gasteiger partial charge in [0, 0.05) is 18.0 Å². The van der Waals surface area contributed by atoms with Crippen molar-refractivity contribution in [2.24, 2.45) is 0 Å². The molecule has 3 aromatic rings. The van der Waals surface area contributed by atoms with Crippen LogP contribution in [0.5, 0.6) is 5.75 Å². The van der Waals surface area contributed by atoms with E-state index in [1.54, 1.807) is 24.3 Å². The van der Waals surface area contributed by atoms with E-state index < -0.39 is 17.5 Å². The minimum absolute atomic E-state index is 0.0481. The highest BCUT2D eigenvalue weighted by molar-refractivity contribution is 5.97. The molecule has 0 saturated carbocycles. The summed E-state index contributed by atoms with van der Waals surface area (Å²) in [6, 6.07) is 13.2. The predicted octanol–water partition coefficient (Wildman–Crippen LogP) is 3.85. The summed E-state index contributed by atoms with van der Waals surface area (Å²) < 4.78 is 10.6. The number of nitrogens with one attached hydrogen (secondary N) is 1. The molecule has 0 saturated heterocycles. The molecule has 6 heteroatoms. The molecule has 1 amide bonds. The average molecular weight is 379 g/mol. The van der Waals surface area contributed by atoms with Gasteiger partial charge in [0.1, 0.15) is 16.9 Å². The summed E-state index contributed by atoms with van der Waals surface area (Å²) in [7, 11) is 0. The van der Waals surface area contributed by atoms with Crippen LogP contribution in [0.3, 0.4) is 0 Å². The Balaban J connectivity index is 1.81. The number of rotatable bonds is 6. The Morgan fingerprint density at radius 1 is 1.07 bits per heavy atom. The number of amides is 1. The molecule has 0 unspecified atom stereocenters. The molecule has 0 atom stereocenters. The van der Waals surface area contributed by atoms with Crippen LogP contribution in [0.4, 0.5) is 0 Å². The van der Waals surface area contributed by atoms with Crippen molar-refractivity contribution in [3.05, 3.63) is 75.6 Å². The van der Waals surface area contributed by atoms with E-state index in [9.17, 15) is 14.4 Å². The summed E-state index contributed by atoms with van der Waals surface area (Å²) in [6.07, 6.45) is 1.77.